The normalized spacial score (nSPS) is 19.5. The molecule has 4 heteroatoms. The lowest BCUT2D eigenvalue weighted by atomic mass is 9.95. The first-order valence-corrected chi connectivity index (χ1v) is 12.7. The minimum atomic E-state index is -0.267. The van der Waals surface area contributed by atoms with E-state index in [1.165, 1.54) is 68.3 Å². The molecule has 1 aromatic heterocycles. The van der Waals surface area contributed by atoms with Crippen LogP contribution < -0.4 is 0 Å². The summed E-state index contributed by atoms with van der Waals surface area (Å²) < 4.78 is 5.41. The van der Waals surface area contributed by atoms with Crippen molar-refractivity contribution < 1.29 is 9.53 Å². The van der Waals surface area contributed by atoms with Gasteiger partial charge in [0.2, 0.25) is 0 Å². The zero-order valence-electron chi connectivity index (χ0n) is 19.6. The van der Waals surface area contributed by atoms with Crippen LogP contribution in [0.25, 0.3) is 0 Å². The molecule has 2 aromatic rings. The van der Waals surface area contributed by atoms with Gasteiger partial charge in [0.15, 0.2) is 0 Å². The maximum Gasteiger partial charge on any atom is 0.327 e. The lowest BCUT2D eigenvalue weighted by Crippen LogP contribution is -2.33. The summed E-state index contributed by atoms with van der Waals surface area (Å²) in [6, 6.07) is 14.4. The third-order valence-corrected chi connectivity index (χ3v) is 7.09. The molecule has 1 aliphatic carbocycles. The summed E-state index contributed by atoms with van der Waals surface area (Å²) >= 11 is 0. The molecule has 2 atom stereocenters. The second kappa shape index (κ2) is 11.6. The number of benzene rings is 1. The molecule has 0 N–H and O–H groups in total. The van der Waals surface area contributed by atoms with Gasteiger partial charge >= 0.3 is 5.97 Å². The molecule has 1 fully saturated rings. The van der Waals surface area contributed by atoms with Crippen LogP contribution in [0.3, 0.4) is 0 Å². The van der Waals surface area contributed by atoms with E-state index in [2.05, 4.69) is 17.0 Å². The van der Waals surface area contributed by atoms with E-state index >= 15 is 0 Å². The highest BCUT2D eigenvalue weighted by Gasteiger charge is 2.34. The number of ether oxygens (including phenoxy) is 1. The second-order valence-corrected chi connectivity index (χ2v) is 9.43. The Bertz CT molecular complexity index is 867. The van der Waals surface area contributed by atoms with Crippen molar-refractivity contribution in [1.82, 2.24) is 9.88 Å². The Morgan fingerprint density at radius 2 is 1.94 bits per heavy atom. The van der Waals surface area contributed by atoms with Crippen molar-refractivity contribution >= 4 is 5.97 Å². The van der Waals surface area contributed by atoms with Crippen molar-refractivity contribution in [2.75, 3.05) is 19.7 Å². The van der Waals surface area contributed by atoms with E-state index in [1.807, 2.05) is 37.3 Å². The SMILES string of the molecule is CCOC(=O)C(c1ccccc1)N1CC[C@@H](CCCCCc2ccc3c(n2)CCCC3)C1. The monoisotopic (exact) mass is 434 g/mol. The zero-order chi connectivity index (χ0) is 22.2. The second-order valence-electron chi connectivity index (χ2n) is 9.43. The topological polar surface area (TPSA) is 42.4 Å². The van der Waals surface area contributed by atoms with E-state index in [9.17, 15) is 4.79 Å². The molecule has 0 bridgehead atoms. The molecular formula is C28H38N2O2. The highest BCUT2D eigenvalue weighted by molar-refractivity contribution is 5.77. The van der Waals surface area contributed by atoms with Gasteiger partial charge in [-0.1, -0.05) is 49.2 Å². The fourth-order valence-corrected chi connectivity index (χ4v) is 5.37. The summed E-state index contributed by atoms with van der Waals surface area (Å²) in [6.45, 7) is 4.28. The zero-order valence-corrected chi connectivity index (χ0v) is 19.6. The highest BCUT2D eigenvalue weighted by atomic mass is 16.5. The lowest BCUT2D eigenvalue weighted by Gasteiger charge is -2.26. The Labute approximate surface area is 193 Å². The number of unbranched alkanes of at least 4 members (excludes halogenated alkanes) is 2. The summed E-state index contributed by atoms with van der Waals surface area (Å²) in [5.41, 5.74) is 5.15. The molecule has 1 saturated heterocycles. The van der Waals surface area contributed by atoms with E-state index in [-0.39, 0.29) is 12.0 Å². The molecule has 2 aliphatic rings. The summed E-state index contributed by atoms with van der Waals surface area (Å²) in [7, 11) is 0. The van der Waals surface area contributed by atoms with Crippen molar-refractivity contribution in [3.05, 3.63) is 65.0 Å². The number of fused-ring (bicyclic) bond motifs is 1. The third-order valence-electron chi connectivity index (χ3n) is 7.09. The fraction of sp³-hybridized carbons (Fsp3) is 0.571. The number of hydrogen-bond acceptors (Lipinski definition) is 4. The van der Waals surface area contributed by atoms with Crippen LogP contribution in [0, 0.1) is 5.92 Å². The van der Waals surface area contributed by atoms with Gasteiger partial charge in [0.05, 0.1) is 6.61 Å². The number of nitrogens with zero attached hydrogens (tertiary/aromatic N) is 2. The molecule has 32 heavy (non-hydrogen) atoms. The first-order chi connectivity index (χ1) is 15.7. The van der Waals surface area contributed by atoms with Crippen molar-refractivity contribution in [3.8, 4) is 0 Å². The molecule has 1 aliphatic heterocycles. The fourth-order valence-electron chi connectivity index (χ4n) is 5.37. The predicted octanol–water partition coefficient (Wildman–Crippen LogP) is 5.69. The van der Waals surface area contributed by atoms with Crippen LogP contribution >= 0.6 is 0 Å². The summed E-state index contributed by atoms with van der Waals surface area (Å²) in [4.78, 5) is 19.9. The third kappa shape index (κ3) is 5.98. The lowest BCUT2D eigenvalue weighted by molar-refractivity contribution is -0.149. The first-order valence-electron chi connectivity index (χ1n) is 12.7. The van der Waals surface area contributed by atoms with Crippen LogP contribution in [0.5, 0.6) is 0 Å². The van der Waals surface area contributed by atoms with Gasteiger partial charge in [-0.3, -0.25) is 9.88 Å². The van der Waals surface area contributed by atoms with Crippen LogP contribution in [-0.4, -0.2) is 35.5 Å². The highest BCUT2D eigenvalue weighted by Crippen LogP contribution is 2.31. The Balaban J connectivity index is 1.21. The van der Waals surface area contributed by atoms with Gasteiger partial charge < -0.3 is 4.74 Å². The van der Waals surface area contributed by atoms with Crippen molar-refractivity contribution in [2.45, 2.75) is 77.2 Å². The number of pyridine rings is 1. The standard InChI is InChI=1S/C28H38N2O2/c1-2-32-28(31)27(24-13-6-4-7-14-24)30-20-19-22(21-30)11-5-3-8-15-25-18-17-23-12-9-10-16-26(23)29-25/h4,6-7,13-14,17-18,22,27H,2-3,5,8-12,15-16,19-21H2,1H3/t22-,27?/m1/s1. The maximum absolute atomic E-state index is 12.7. The summed E-state index contributed by atoms with van der Waals surface area (Å²) in [5, 5.41) is 0. The number of aryl methyl sites for hydroxylation is 3. The molecule has 4 rings (SSSR count). The molecule has 2 heterocycles. The molecule has 172 valence electrons. The Morgan fingerprint density at radius 3 is 2.78 bits per heavy atom. The van der Waals surface area contributed by atoms with Crippen LogP contribution in [0.1, 0.15) is 80.4 Å². The molecule has 1 unspecified atom stereocenters. The van der Waals surface area contributed by atoms with E-state index in [1.54, 1.807) is 0 Å². The van der Waals surface area contributed by atoms with Crippen LogP contribution in [0.2, 0.25) is 0 Å². The van der Waals surface area contributed by atoms with E-state index in [0.29, 0.717) is 12.5 Å². The molecule has 0 amide bonds. The van der Waals surface area contributed by atoms with Crippen LogP contribution in [0.4, 0.5) is 0 Å². The minimum Gasteiger partial charge on any atom is -0.465 e. The maximum atomic E-state index is 12.7. The van der Waals surface area contributed by atoms with E-state index in [4.69, 9.17) is 9.72 Å². The van der Waals surface area contributed by atoms with Crippen molar-refractivity contribution in [3.63, 3.8) is 0 Å². The predicted molar refractivity (Wildman–Crippen MR) is 129 cm³/mol. The van der Waals surface area contributed by atoms with Gasteiger partial charge in [0.1, 0.15) is 6.04 Å². The number of carbonyl (C=O) groups is 1. The quantitative estimate of drug-likeness (QED) is 0.356. The Morgan fingerprint density at radius 1 is 1.09 bits per heavy atom. The Kier molecular flexibility index (Phi) is 8.33. The molecule has 1 aromatic carbocycles. The largest absolute Gasteiger partial charge is 0.465 e. The first kappa shape index (κ1) is 23.0. The van der Waals surface area contributed by atoms with Crippen molar-refractivity contribution in [1.29, 1.82) is 0 Å². The van der Waals surface area contributed by atoms with Crippen molar-refractivity contribution in [2.24, 2.45) is 5.92 Å². The number of rotatable bonds is 10. The molecule has 0 radical (unpaired) electrons. The van der Waals surface area contributed by atoms with Gasteiger partial charge in [-0.15, -0.1) is 0 Å². The number of likely N-dealkylation sites (tertiary alicyclic amines) is 1. The van der Waals surface area contributed by atoms with Crippen LogP contribution in [-0.2, 0) is 28.8 Å². The average Bonchev–Trinajstić information content (AvgIpc) is 3.28. The summed E-state index contributed by atoms with van der Waals surface area (Å²) in [6.07, 6.45) is 12.3. The molecule has 4 nitrogen and oxygen atoms in total. The van der Waals surface area contributed by atoms with Gasteiger partial charge in [0.25, 0.3) is 0 Å². The van der Waals surface area contributed by atoms with E-state index < -0.39 is 0 Å². The average molecular weight is 435 g/mol. The molecular weight excluding hydrogens is 396 g/mol. The van der Waals surface area contributed by atoms with Crippen LogP contribution in [0.15, 0.2) is 42.5 Å². The van der Waals surface area contributed by atoms with E-state index in [0.717, 1.165) is 31.5 Å². The van der Waals surface area contributed by atoms with Gasteiger partial charge in [0, 0.05) is 17.9 Å². The number of hydrogen-bond donors (Lipinski definition) is 0. The minimum absolute atomic E-state index is 0.114. The molecule has 0 saturated carbocycles. The van der Waals surface area contributed by atoms with Gasteiger partial charge in [-0.2, -0.15) is 0 Å². The number of esters is 1. The van der Waals surface area contributed by atoms with Gasteiger partial charge in [-0.25, -0.2) is 4.79 Å². The number of aromatic nitrogens is 1. The smallest absolute Gasteiger partial charge is 0.327 e. The number of carbonyl (C=O) groups excluding carboxylic acids is 1. The molecule has 0 spiro atoms. The summed E-state index contributed by atoms with van der Waals surface area (Å²) in [5.74, 6) is 0.564. The van der Waals surface area contributed by atoms with Gasteiger partial charge in [-0.05, 0) is 87.9 Å². The Hall–Kier alpha value is -2.20.